The number of aryl methyl sites for hydroxylation is 2. The quantitative estimate of drug-likeness (QED) is 0.780. The van der Waals surface area contributed by atoms with E-state index in [0.29, 0.717) is 5.92 Å². The Morgan fingerprint density at radius 1 is 1.30 bits per heavy atom. The molecule has 4 nitrogen and oxygen atoms in total. The highest BCUT2D eigenvalue weighted by molar-refractivity contribution is 5.62. The fourth-order valence-corrected chi connectivity index (χ4v) is 3.57. The van der Waals surface area contributed by atoms with Gasteiger partial charge in [-0.15, -0.1) is 0 Å². The molecule has 106 valence electrons. The second-order valence-corrected chi connectivity index (χ2v) is 5.95. The summed E-state index contributed by atoms with van der Waals surface area (Å²) in [6.45, 7) is 4.07. The number of rotatable bonds is 3. The van der Waals surface area contributed by atoms with E-state index in [1.165, 1.54) is 19.3 Å². The highest BCUT2D eigenvalue weighted by Gasteiger charge is 2.29. The summed E-state index contributed by atoms with van der Waals surface area (Å²) >= 11 is 0. The molecule has 2 aromatic heterocycles. The number of hydrogen-bond acceptors (Lipinski definition) is 3. The molecule has 0 bridgehead atoms. The lowest BCUT2D eigenvalue weighted by molar-refractivity contribution is 0.308. The maximum atomic E-state index is 11.6. The highest BCUT2D eigenvalue weighted by Crippen LogP contribution is 2.40. The minimum atomic E-state index is -0.227. The molecular formula is C16H21N3O. The van der Waals surface area contributed by atoms with E-state index >= 15 is 0 Å². The number of pyridine rings is 1. The van der Waals surface area contributed by atoms with Crippen molar-refractivity contribution in [3.63, 3.8) is 0 Å². The summed E-state index contributed by atoms with van der Waals surface area (Å²) in [5.74, 6) is 0.389. The molecule has 2 aromatic rings. The molecule has 1 aliphatic rings. The van der Waals surface area contributed by atoms with Crippen molar-refractivity contribution in [1.29, 1.82) is 0 Å². The first kappa shape index (κ1) is 13.3. The monoisotopic (exact) mass is 271 g/mol. The van der Waals surface area contributed by atoms with Gasteiger partial charge in [-0.3, -0.25) is 0 Å². The fraction of sp³-hybridized carbons (Fsp3) is 0.562. The van der Waals surface area contributed by atoms with Crippen LogP contribution in [0, 0.1) is 24.7 Å². The van der Waals surface area contributed by atoms with Crippen LogP contribution in [-0.2, 0) is 0 Å². The van der Waals surface area contributed by atoms with Gasteiger partial charge in [-0.1, -0.05) is 24.4 Å². The van der Waals surface area contributed by atoms with E-state index in [4.69, 9.17) is 0 Å². The Hall–Kier alpha value is -1.71. The van der Waals surface area contributed by atoms with Gasteiger partial charge in [0.1, 0.15) is 6.04 Å². The molecule has 1 atom stereocenters. The zero-order chi connectivity index (χ0) is 14.1. The van der Waals surface area contributed by atoms with E-state index in [1.54, 1.807) is 0 Å². The third kappa shape index (κ3) is 2.13. The Morgan fingerprint density at radius 2 is 2.05 bits per heavy atom. The predicted molar refractivity (Wildman–Crippen MR) is 79.8 cm³/mol. The topological polar surface area (TPSA) is 46.7 Å². The third-order valence-electron chi connectivity index (χ3n) is 4.65. The van der Waals surface area contributed by atoms with Gasteiger partial charge in [-0.2, -0.15) is 4.91 Å². The van der Waals surface area contributed by atoms with Crippen molar-refractivity contribution in [2.24, 2.45) is 11.1 Å². The molecule has 0 saturated heterocycles. The first-order valence-corrected chi connectivity index (χ1v) is 7.47. The second-order valence-electron chi connectivity index (χ2n) is 5.95. The first-order valence-electron chi connectivity index (χ1n) is 7.47. The number of fused-ring (bicyclic) bond motifs is 1. The molecule has 3 rings (SSSR count). The van der Waals surface area contributed by atoms with Crippen LogP contribution < -0.4 is 0 Å². The molecule has 0 N–H and O–H groups in total. The Balaban J connectivity index is 2.12. The van der Waals surface area contributed by atoms with Gasteiger partial charge in [0.05, 0.1) is 17.5 Å². The lowest BCUT2D eigenvalue weighted by Gasteiger charge is -2.27. The Kier molecular flexibility index (Phi) is 3.55. The summed E-state index contributed by atoms with van der Waals surface area (Å²) in [5.41, 5.74) is 4.29. The van der Waals surface area contributed by atoms with Crippen molar-refractivity contribution in [2.45, 2.75) is 52.0 Å². The summed E-state index contributed by atoms with van der Waals surface area (Å²) in [5, 5.41) is 3.52. The number of imidazole rings is 1. The molecule has 0 aromatic carbocycles. The lowest BCUT2D eigenvalue weighted by Crippen LogP contribution is -2.16. The van der Waals surface area contributed by atoms with Gasteiger partial charge in [0.2, 0.25) is 0 Å². The molecule has 0 spiro atoms. The summed E-state index contributed by atoms with van der Waals surface area (Å²) in [7, 11) is 0. The van der Waals surface area contributed by atoms with Crippen LogP contribution in [0.25, 0.3) is 5.52 Å². The van der Waals surface area contributed by atoms with Crippen molar-refractivity contribution in [1.82, 2.24) is 9.38 Å². The summed E-state index contributed by atoms with van der Waals surface area (Å²) < 4.78 is 2.01. The normalized spacial score (nSPS) is 18.3. The van der Waals surface area contributed by atoms with Gasteiger partial charge in [0, 0.05) is 11.8 Å². The van der Waals surface area contributed by atoms with Gasteiger partial charge >= 0.3 is 0 Å². The minimum Gasteiger partial charge on any atom is -0.306 e. The first-order chi connectivity index (χ1) is 9.72. The van der Waals surface area contributed by atoms with E-state index in [-0.39, 0.29) is 6.04 Å². The molecule has 1 fully saturated rings. The predicted octanol–water partition coefficient (Wildman–Crippen LogP) is 4.34. The average Bonchev–Trinajstić information content (AvgIpc) is 2.85. The smallest absolute Gasteiger partial charge is 0.122 e. The molecule has 0 aliphatic heterocycles. The Bertz CT molecular complexity index is 626. The standard InChI is InChI=1S/C16H21N3O/c1-11-8-9-19-10-17-12(2)16(19)14(11)15(18-20)13-6-4-3-5-7-13/h8-10,13,15H,3-7H2,1-2H3. The zero-order valence-corrected chi connectivity index (χ0v) is 12.2. The zero-order valence-electron chi connectivity index (χ0n) is 12.2. The van der Waals surface area contributed by atoms with E-state index in [0.717, 1.165) is 35.2 Å². The van der Waals surface area contributed by atoms with Gasteiger partial charge in [0.25, 0.3) is 0 Å². The summed E-state index contributed by atoms with van der Waals surface area (Å²) in [4.78, 5) is 15.9. The highest BCUT2D eigenvalue weighted by atomic mass is 16.3. The molecular weight excluding hydrogens is 250 g/mol. The molecule has 4 heteroatoms. The van der Waals surface area contributed by atoms with Crippen LogP contribution in [0.1, 0.15) is 55.0 Å². The second kappa shape index (κ2) is 5.35. The van der Waals surface area contributed by atoms with Gasteiger partial charge < -0.3 is 4.40 Å². The van der Waals surface area contributed by atoms with Crippen molar-refractivity contribution in [3.8, 4) is 0 Å². The van der Waals surface area contributed by atoms with Crippen molar-refractivity contribution < 1.29 is 0 Å². The lowest BCUT2D eigenvalue weighted by atomic mass is 9.80. The molecule has 2 heterocycles. The largest absolute Gasteiger partial charge is 0.306 e. The number of aromatic nitrogens is 2. The SMILES string of the molecule is Cc1ccn2cnc(C)c2c1C(N=O)C1CCCCC1. The maximum Gasteiger partial charge on any atom is 0.122 e. The Labute approximate surface area is 119 Å². The van der Waals surface area contributed by atoms with Crippen LogP contribution in [0.4, 0.5) is 0 Å². The fourth-order valence-electron chi connectivity index (χ4n) is 3.57. The van der Waals surface area contributed by atoms with Crippen molar-refractivity contribution in [2.75, 3.05) is 0 Å². The van der Waals surface area contributed by atoms with E-state index in [9.17, 15) is 4.91 Å². The molecule has 1 unspecified atom stereocenters. The van der Waals surface area contributed by atoms with Gasteiger partial charge in [-0.25, -0.2) is 4.98 Å². The number of hydrogen-bond donors (Lipinski definition) is 0. The molecule has 0 radical (unpaired) electrons. The Morgan fingerprint density at radius 3 is 2.75 bits per heavy atom. The van der Waals surface area contributed by atoms with Crippen LogP contribution in [0.5, 0.6) is 0 Å². The minimum absolute atomic E-state index is 0.227. The van der Waals surface area contributed by atoms with Crippen LogP contribution in [0.2, 0.25) is 0 Å². The summed E-state index contributed by atoms with van der Waals surface area (Å²) in [6, 6.07) is 1.83. The van der Waals surface area contributed by atoms with Crippen LogP contribution >= 0.6 is 0 Å². The van der Waals surface area contributed by atoms with Gasteiger partial charge in [0.15, 0.2) is 0 Å². The number of nitroso groups, excluding NO2 is 1. The third-order valence-corrected chi connectivity index (χ3v) is 4.65. The molecule has 1 aliphatic carbocycles. The average molecular weight is 271 g/mol. The summed E-state index contributed by atoms with van der Waals surface area (Å²) in [6.07, 6.45) is 9.78. The molecule has 20 heavy (non-hydrogen) atoms. The van der Waals surface area contributed by atoms with Gasteiger partial charge in [-0.05, 0) is 44.2 Å². The van der Waals surface area contributed by atoms with Crippen LogP contribution in [-0.4, -0.2) is 9.38 Å². The maximum absolute atomic E-state index is 11.6. The van der Waals surface area contributed by atoms with Crippen LogP contribution in [0.3, 0.4) is 0 Å². The van der Waals surface area contributed by atoms with Crippen molar-refractivity contribution >= 4 is 5.52 Å². The number of nitrogens with zero attached hydrogens (tertiary/aromatic N) is 3. The molecule has 1 saturated carbocycles. The van der Waals surface area contributed by atoms with Crippen molar-refractivity contribution in [3.05, 3.63) is 40.3 Å². The van der Waals surface area contributed by atoms with E-state index in [1.807, 2.05) is 23.8 Å². The van der Waals surface area contributed by atoms with E-state index < -0.39 is 0 Å². The van der Waals surface area contributed by atoms with Crippen LogP contribution in [0.15, 0.2) is 23.8 Å². The molecule has 0 amide bonds. The van der Waals surface area contributed by atoms with E-state index in [2.05, 4.69) is 23.2 Å².